The Morgan fingerprint density at radius 1 is 1.53 bits per heavy atom. The van der Waals surface area contributed by atoms with Gasteiger partial charge in [-0.3, -0.25) is 4.68 Å². The summed E-state index contributed by atoms with van der Waals surface area (Å²) in [6.07, 6.45) is 1.91. The Morgan fingerprint density at radius 3 is 2.95 bits per heavy atom. The van der Waals surface area contributed by atoms with Crippen molar-refractivity contribution in [2.75, 3.05) is 7.11 Å². The predicted octanol–water partition coefficient (Wildman–Crippen LogP) is 2.46. The minimum Gasteiger partial charge on any atom is -0.493 e. The fourth-order valence-corrected chi connectivity index (χ4v) is 2.24. The van der Waals surface area contributed by atoms with Crippen LogP contribution in [0.15, 0.2) is 24.4 Å². The summed E-state index contributed by atoms with van der Waals surface area (Å²) in [5.74, 6) is 0.165. The molecule has 0 aliphatic heterocycles. The summed E-state index contributed by atoms with van der Waals surface area (Å²) in [6.45, 7) is 0. The highest BCUT2D eigenvalue weighted by Gasteiger charge is 2.19. The number of halogens is 2. The van der Waals surface area contributed by atoms with Crippen molar-refractivity contribution in [1.29, 1.82) is 0 Å². The second-order valence-electron chi connectivity index (χ2n) is 4.25. The van der Waals surface area contributed by atoms with Crippen LogP contribution in [0.3, 0.4) is 0 Å². The summed E-state index contributed by atoms with van der Waals surface area (Å²) < 4.78 is 20.7. The quantitative estimate of drug-likeness (QED) is 0.938. The minimum atomic E-state index is -0.430. The number of nitrogens with two attached hydrogens (primary N) is 1. The molecule has 0 amide bonds. The van der Waals surface area contributed by atoms with Crippen LogP contribution in [0.25, 0.3) is 0 Å². The molecule has 4 nitrogen and oxygen atoms in total. The lowest BCUT2D eigenvalue weighted by Crippen LogP contribution is -2.18. The molecule has 1 aromatic heterocycles. The van der Waals surface area contributed by atoms with Crippen molar-refractivity contribution >= 4 is 11.6 Å². The Kier molecular flexibility index (Phi) is 4.07. The Balaban J connectivity index is 2.28. The summed E-state index contributed by atoms with van der Waals surface area (Å²) >= 11 is 5.75. The molecule has 0 saturated heterocycles. The molecule has 0 spiro atoms. The average Bonchev–Trinajstić information content (AvgIpc) is 2.76. The molecular weight excluding hydrogens is 269 g/mol. The van der Waals surface area contributed by atoms with Crippen molar-refractivity contribution in [3.8, 4) is 5.75 Å². The number of benzene rings is 1. The Hall–Kier alpha value is -1.59. The van der Waals surface area contributed by atoms with E-state index in [2.05, 4.69) is 5.10 Å². The van der Waals surface area contributed by atoms with Crippen LogP contribution in [0.5, 0.6) is 5.75 Å². The Bertz CT molecular complexity index is 585. The van der Waals surface area contributed by atoms with Crippen molar-refractivity contribution in [3.05, 3.63) is 46.5 Å². The number of rotatable bonds is 4. The summed E-state index contributed by atoms with van der Waals surface area (Å²) in [6, 6.07) is 4.46. The first kappa shape index (κ1) is 13.8. The van der Waals surface area contributed by atoms with Gasteiger partial charge in [0.15, 0.2) is 5.75 Å². The van der Waals surface area contributed by atoms with E-state index in [1.165, 1.54) is 6.07 Å². The Morgan fingerprint density at radius 2 is 2.26 bits per heavy atom. The molecule has 0 aliphatic carbocycles. The molecule has 2 aromatic rings. The highest BCUT2D eigenvalue weighted by Crippen LogP contribution is 2.27. The molecule has 6 heteroatoms. The summed E-state index contributed by atoms with van der Waals surface area (Å²) in [5, 5.41) is 4.18. The topological polar surface area (TPSA) is 53.1 Å². The zero-order chi connectivity index (χ0) is 14.0. The highest BCUT2D eigenvalue weighted by molar-refractivity contribution is 6.30. The fraction of sp³-hybridized carbons (Fsp3) is 0.308. The van der Waals surface area contributed by atoms with Crippen LogP contribution < -0.4 is 10.5 Å². The van der Waals surface area contributed by atoms with Crippen LogP contribution in [0, 0.1) is 5.82 Å². The molecule has 1 aromatic carbocycles. The molecule has 1 atom stereocenters. The predicted molar refractivity (Wildman–Crippen MR) is 71.8 cm³/mol. The molecule has 0 radical (unpaired) electrons. The zero-order valence-corrected chi connectivity index (χ0v) is 11.5. The van der Waals surface area contributed by atoms with Gasteiger partial charge in [0.1, 0.15) is 5.82 Å². The van der Waals surface area contributed by atoms with Crippen LogP contribution in [0.2, 0.25) is 5.02 Å². The number of hydrogen-bond donors (Lipinski definition) is 1. The van der Waals surface area contributed by atoms with Crippen molar-refractivity contribution in [1.82, 2.24) is 9.78 Å². The lowest BCUT2D eigenvalue weighted by Gasteiger charge is -2.14. The zero-order valence-electron chi connectivity index (χ0n) is 10.7. The van der Waals surface area contributed by atoms with E-state index in [4.69, 9.17) is 22.1 Å². The maximum absolute atomic E-state index is 13.8. The normalized spacial score (nSPS) is 12.5. The van der Waals surface area contributed by atoms with Gasteiger partial charge in [-0.2, -0.15) is 5.10 Å². The Labute approximate surface area is 115 Å². The van der Waals surface area contributed by atoms with Crippen LogP contribution in [-0.4, -0.2) is 16.9 Å². The summed E-state index contributed by atoms with van der Waals surface area (Å²) in [5.41, 5.74) is 7.32. The fourth-order valence-electron chi connectivity index (χ4n) is 2.05. The lowest BCUT2D eigenvalue weighted by atomic mass is 10.0. The monoisotopic (exact) mass is 283 g/mol. The van der Waals surface area contributed by atoms with Crippen molar-refractivity contribution < 1.29 is 9.13 Å². The molecule has 0 saturated carbocycles. The van der Waals surface area contributed by atoms with E-state index < -0.39 is 11.9 Å². The standard InChI is InChI=1S/C13H15ClFN3O/c1-18-13(11(19-2)7-17-18)10(16)6-8-4-3-5-9(14)12(8)15/h3-5,7,10H,6,16H2,1-2H3. The third-order valence-corrected chi connectivity index (χ3v) is 3.28. The second-order valence-corrected chi connectivity index (χ2v) is 4.65. The largest absolute Gasteiger partial charge is 0.493 e. The molecular formula is C13H15ClFN3O. The van der Waals surface area contributed by atoms with Crippen molar-refractivity contribution in [2.45, 2.75) is 12.5 Å². The number of nitrogens with zero attached hydrogens (tertiary/aromatic N) is 2. The van der Waals surface area contributed by atoms with Gasteiger partial charge in [0.25, 0.3) is 0 Å². The second kappa shape index (κ2) is 5.59. The van der Waals surface area contributed by atoms with E-state index >= 15 is 0 Å². The highest BCUT2D eigenvalue weighted by atomic mass is 35.5. The van der Waals surface area contributed by atoms with Crippen LogP contribution >= 0.6 is 11.6 Å². The van der Waals surface area contributed by atoms with E-state index in [0.29, 0.717) is 17.7 Å². The van der Waals surface area contributed by atoms with Crippen LogP contribution in [-0.2, 0) is 13.5 Å². The number of methoxy groups -OCH3 is 1. The number of aromatic nitrogens is 2. The molecule has 102 valence electrons. The lowest BCUT2D eigenvalue weighted by molar-refractivity contribution is 0.402. The van der Waals surface area contributed by atoms with Crippen molar-refractivity contribution in [3.63, 3.8) is 0 Å². The molecule has 2 rings (SSSR count). The molecule has 0 bridgehead atoms. The van der Waals surface area contributed by atoms with E-state index in [9.17, 15) is 4.39 Å². The van der Waals surface area contributed by atoms with E-state index in [0.717, 1.165) is 5.69 Å². The first-order valence-electron chi connectivity index (χ1n) is 5.79. The van der Waals surface area contributed by atoms with Gasteiger partial charge in [0.05, 0.1) is 30.1 Å². The van der Waals surface area contributed by atoms with Gasteiger partial charge in [-0.25, -0.2) is 4.39 Å². The molecule has 1 unspecified atom stereocenters. The third-order valence-electron chi connectivity index (χ3n) is 2.99. The van der Waals surface area contributed by atoms with Gasteiger partial charge < -0.3 is 10.5 Å². The minimum absolute atomic E-state index is 0.0988. The van der Waals surface area contributed by atoms with Crippen LogP contribution in [0.1, 0.15) is 17.3 Å². The SMILES string of the molecule is COc1cnn(C)c1C(N)Cc1cccc(Cl)c1F. The molecule has 0 fully saturated rings. The van der Waals surface area contributed by atoms with E-state index in [1.807, 2.05) is 0 Å². The van der Waals surface area contributed by atoms with Gasteiger partial charge in [-0.05, 0) is 18.1 Å². The van der Waals surface area contributed by atoms with Gasteiger partial charge in [0, 0.05) is 7.05 Å². The van der Waals surface area contributed by atoms with Crippen LogP contribution in [0.4, 0.5) is 4.39 Å². The smallest absolute Gasteiger partial charge is 0.161 e. The first-order valence-corrected chi connectivity index (χ1v) is 6.16. The first-order chi connectivity index (χ1) is 9.04. The molecule has 0 aliphatic rings. The number of ether oxygens (including phenoxy) is 1. The maximum atomic E-state index is 13.8. The molecule has 2 N–H and O–H groups in total. The molecule has 1 heterocycles. The van der Waals surface area contributed by atoms with Gasteiger partial charge in [-0.1, -0.05) is 23.7 Å². The number of hydrogen-bond acceptors (Lipinski definition) is 3. The van der Waals surface area contributed by atoms with Gasteiger partial charge >= 0.3 is 0 Å². The van der Waals surface area contributed by atoms with Crippen molar-refractivity contribution in [2.24, 2.45) is 12.8 Å². The third kappa shape index (κ3) is 2.72. The number of aryl methyl sites for hydroxylation is 1. The summed E-state index contributed by atoms with van der Waals surface area (Å²) in [7, 11) is 3.32. The van der Waals surface area contributed by atoms with Gasteiger partial charge in [-0.15, -0.1) is 0 Å². The summed E-state index contributed by atoms with van der Waals surface area (Å²) in [4.78, 5) is 0. The maximum Gasteiger partial charge on any atom is 0.161 e. The average molecular weight is 284 g/mol. The van der Waals surface area contributed by atoms with E-state index in [-0.39, 0.29) is 5.02 Å². The molecule has 19 heavy (non-hydrogen) atoms. The van der Waals surface area contributed by atoms with Gasteiger partial charge in [0.2, 0.25) is 0 Å². The van der Waals surface area contributed by atoms with E-state index in [1.54, 1.807) is 37.2 Å².